The second-order valence-electron chi connectivity index (χ2n) is 4.52. The van der Waals surface area contributed by atoms with Crippen LogP contribution in [0.5, 0.6) is 0 Å². The molecule has 1 aliphatic heterocycles. The van der Waals surface area contributed by atoms with Gasteiger partial charge in [-0.25, -0.2) is 4.79 Å². The maximum absolute atomic E-state index is 12.1. The minimum atomic E-state index is -1.03. The molecular formula is C13H16N2O4. The molecule has 1 atom stereocenters. The Balaban J connectivity index is 1.96. The highest BCUT2D eigenvalue weighted by atomic mass is 16.5. The van der Waals surface area contributed by atoms with Gasteiger partial charge < -0.3 is 14.7 Å². The second-order valence-corrected chi connectivity index (χ2v) is 4.52. The maximum Gasteiger partial charge on any atom is 0.334 e. The van der Waals surface area contributed by atoms with E-state index in [-0.39, 0.29) is 25.5 Å². The van der Waals surface area contributed by atoms with E-state index in [1.165, 1.54) is 4.90 Å². The number of hydrogen-bond donors (Lipinski definition) is 1. The lowest BCUT2D eigenvalue weighted by Crippen LogP contribution is -2.49. The number of ether oxygens (including phenoxy) is 1. The molecule has 2 rings (SSSR count). The van der Waals surface area contributed by atoms with Crippen LogP contribution >= 0.6 is 0 Å². The van der Waals surface area contributed by atoms with Gasteiger partial charge in [-0.2, -0.15) is 0 Å². The van der Waals surface area contributed by atoms with Gasteiger partial charge in [0.2, 0.25) is 5.91 Å². The van der Waals surface area contributed by atoms with Crippen LogP contribution in [0.25, 0.3) is 0 Å². The molecule has 6 nitrogen and oxygen atoms in total. The van der Waals surface area contributed by atoms with Crippen molar-refractivity contribution in [2.24, 2.45) is 0 Å². The van der Waals surface area contributed by atoms with Gasteiger partial charge in [0.25, 0.3) is 0 Å². The third-order valence-electron chi connectivity index (χ3n) is 3.02. The highest BCUT2D eigenvalue weighted by molar-refractivity contribution is 5.80. The van der Waals surface area contributed by atoms with Crippen molar-refractivity contribution in [2.45, 2.75) is 19.4 Å². The standard InChI is InChI=1S/C13H16N2O4/c1-9-2-3-10(7-14-9)6-12(16)15-4-5-19-11(8-15)13(17)18/h2-3,7,11H,4-6,8H2,1H3,(H,17,18)/t11-/m0/s1. The molecule has 0 bridgehead atoms. The third-order valence-corrected chi connectivity index (χ3v) is 3.02. The van der Waals surface area contributed by atoms with Crippen molar-refractivity contribution in [1.82, 2.24) is 9.88 Å². The Hall–Kier alpha value is -1.95. The summed E-state index contributed by atoms with van der Waals surface area (Å²) in [5.41, 5.74) is 1.72. The minimum absolute atomic E-state index is 0.0970. The van der Waals surface area contributed by atoms with Gasteiger partial charge >= 0.3 is 5.97 Å². The number of aliphatic carboxylic acids is 1. The van der Waals surface area contributed by atoms with Gasteiger partial charge in [-0.05, 0) is 18.6 Å². The van der Waals surface area contributed by atoms with Crippen LogP contribution in [0, 0.1) is 6.92 Å². The first-order valence-electron chi connectivity index (χ1n) is 6.10. The van der Waals surface area contributed by atoms with E-state index in [1.807, 2.05) is 19.1 Å². The van der Waals surface area contributed by atoms with Crippen LogP contribution in [0.2, 0.25) is 0 Å². The summed E-state index contributed by atoms with van der Waals surface area (Å²) in [6, 6.07) is 3.71. The van der Waals surface area contributed by atoms with E-state index in [0.29, 0.717) is 6.54 Å². The zero-order chi connectivity index (χ0) is 13.8. The molecule has 1 fully saturated rings. The fourth-order valence-corrected chi connectivity index (χ4v) is 1.91. The van der Waals surface area contributed by atoms with Crippen LogP contribution in [0.3, 0.4) is 0 Å². The smallest absolute Gasteiger partial charge is 0.334 e. The summed E-state index contributed by atoms with van der Waals surface area (Å²) in [4.78, 5) is 28.6. The number of carbonyl (C=O) groups excluding carboxylic acids is 1. The zero-order valence-electron chi connectivity index (χ0n) is 10.7. The molecule has 0 aromatic carbocycles. The molecule has 1 aromatic heterocycles. The lowest BCUT2D eigenvalue weighted by Gasteiger charge is -2.30. The Kier molecular flexibility index (Phi) is 4.11. The Morgan fingerprint density at radius 3 is 2.95 bits per heavy atom. The van der Waals surface area contributed by atoms with Crippen LogP contribution in [0.15, 0.2) is 18.3 Å². The number of pyridine rings is 1. The van der Waals surface area contributed by atoms with E-state index in [0.717, 1.165) is 11.3 Å². The quantitative estimate of drug-likeness (QED) is 0.846. The zero-order valence-corrected chi connectivity index (χ0v) is 10.7. The number of hydrogen-bond acceptors (Lipinski definition) is 4. The summed E-state index contributed by atoms with van der Waals surface area (Å²) in [5, 5.41) is 8.89. The van der Waals surface area contributed by atoms with E-state index in [1.54, 1.807) is 6.20 Å². The fraction of sp³-hybridized carbons (Fsp3) is 0.462. The van der Waals surface area contributed by atoms with Gasteiger partial charge in [0.15, 0.2) is 6.10 Å². The largest absolute Gasteiger partial charge is 0.479 e. The molecule has 0 spiro atoms. The number of rotatable bonds is 3. The summed E-state index contributed by atoms with van der Waals surface area (Å²) in [6.45, 7) is 2.68. The molecule has 0 saturated carbocycles. The number of morpholine rings is 1. The molecule has 1 saturated heterocycles. The van der Waals surface area contributed by atoms with Crippen molar-refractivity contribution in [1.29, 1.82) is 0 Å². The molecule has 1 aliphatic rings. The van der Waals surface area contributed by atoms with E-state index >= 15 is 0 Å². The highest BCUT2D eigenvalue weighted by Gasteiger charge is 2.28. The van der Waals surface area contributed by atoms with Crippen molar-refractivity contribution in [3.05, 3.63) is 29.6 Å². The first-order valence-corrected chi connectivity index (χ1v) is 6.10. The molecule has 1 aromatic rings. The van der Waals surface area contributed by atoms with Crippen molar-refractivity contribution >= 4 is 11.9 Å². The number of carboxylic acids is 1. The summed E-state index contributed by atoms with van der Waals surface area (Å²) in [5.74, 6) is -1.13. The van der Waals surface area contributed by atoms with Crippen LogP contribution in [-0.2, 0) is 20.7 Å². The minimum Gasteiger partial charge on any atom is -0.479 e. The number of aromatic nitrogens is 1. The number of carbonyl (C=O) groups is 2. The van der Waals surface area contributed by atoms with E-state index in [2.05, 4.69) is 4.98 Å². The molecule has 1 amide bonds. The van der Waals surface area contributed by atoms with Gasteiger partial charge in [0.1, 0.15) is 0 Å². The van der Waals surface area contributed by atoms with Gasteiger partial charge in [0.05, 0.1) is 19.6 Å². The Bertz CT molecular complexity index is 472. The predicted molar refractivity (Wildman–Crippen MR) is 66.6 cm³/mol. The monoisotopic (exact) mass is 264 g/mol. The lowest BCUT2D eigenvalue weighted by molar-refractivity contribution is -0.159. The average molecular weight is 264 g/mol. The lowest BCUT2D eigenvalue weighted by atomic mass is 10.1. The van der Waals surface area contributed by atoms with Crippen molar-refractivity contribution in [2.75, 3.05) is 19.7 Å². The van der Waals surface area contributed by atoms with E-state index < -0.39 is 12.1 Å². The first-order chi connectivity index (χ1) is 9.06. The number of aryl methyl sites for hydroxylation is 1. The van der Waals surface area contributed by atoms with Gasteiger partial charge in [-0.3, -0.25) is 9.78 Å². The summed E-state index contributed by atoms with van der Waals surface area (Å²) in [7, 11) is 0. The van der Waals surface area contributed by atoms with Gasteiger partial charge in [0, 0.05) is 18.4 Å². The van der Waals surface area contributed by atoms with Crippen molar-refractivity contribution in [3.63, 3.8) is 0 Å². The van der Waals surface area contributed by atoms with E-state index in [4.69, 9.17) is 9.84 Å². The molecule has 0 unspecified atom stereocenters. The Morgan fingerprint density at radius 2 is 2.32 bits per heavy atom. The number of amides is 1. The van der Waals surface area contributed by atoms with Gasteiger partial charge in [-0.1, -0.05) is 6.07 Å². The molecule has 0 radical (unpaired) electrons. The number of nitrogens with zero attached hydrogens (tertiary/aromatic N) is 2. The maximum atomic E-state index is 12.1. The van der Waals surface area contributed by atoms with Crippen molar-refractivity contribution in [3.8, 4) is 0 Å². The SMILES string of the molecule is Cc1ccc(CC(=O)N2CCO[C@H](C(=O)O)C2)cn1. The fourth-order valence-electron chi connectivity index (χ4n) is 1.91. The summed E-state index contributed by atoms with van der Waals surface area (Å²) in [6.07, 6.45) is 0.982. The Morgan fingerprint density at radius 1 is 1.53 bits per heavy atom. The Labute approximate surface area is 111 Å². The molecule has 102 valence electrons. The topological polar surface area (TPSA) is 79.7 Å². The molecule has 19 heavy (non-hydrogen) atoms. The normalized spacial score (nSPS) is 19.2. The predicted octanol–water partition coefficient (Wildman–Crippen LogP) is 0.245. The average Bonchev–Trinajstić information content (AvgIpc) is 2.41. The van der Waals surface area contributed by atoms with Crippen LogP contribution in [0.4, 0.5) is 0 Å². The summed E-state index contributed by atoms with van der Waals surface area (Å²) < 4.78 is 5.08. The molecule has 1 N–H and O–H groups in total. The first kappa shape index (κ1) is 13.5. The number of carboxylic acid groups (broad SMARTS) is 1. The highest BCUT2D eigenvalue weighted by Crippen LogP contribution is 2.09. The molecule has 0 aliphatic carbocycles. The van der Waals surface area contributed by atoms with E-state index in [9.17, 15) is 9.59 Å². The molecular weight excluding hydrogens is 248 g/mol. The van der Waals surface area contributed by atoms with Crippen LogP contribution < -0.4 is 0 Å². The van der Waals surface area contributed by atoms with Crippen LogP contribution in [0.1, 0.15) is 11.3 Å². The van der Waals surface area contributed by atoms with Crippen LogP contribution in [-0.4, -0.2) is 52.7 Å². The molecule has 6 heteroatoms. The second kappa shape index (κ2) is 5.79. The van der Waals surface area contributed by atoms with Gasteiger partial charge in [-0.15, -0.1) is 0 Å². The van der Waals surface area contributed by atoms with Crippen molar-refractivity contribution < 1.29 is 19.4 Å². The summed E-state index contributed by atoms with van der Waals surface area (Å²) >= 11 is 0. The third kappa shape index (κ3) is 3.51. The molecule has 2 heterocycles.